The zero-order valence-electron chi connectivity index (χ0n) is 11.2. The van der Waals surface area contributed by atoms with Gasteiger partial charge in [-0.05, 0) is 37.3 Å². The Hall–Kier alpha value is -1.10. The number of hydrogen-bond acceptors (Lipinski definition) is 5. The second kappa shape index (κ2) is 5.69. The summed E-state index contributed by atoms with van der Waals surface area (Å²) in [5.41, 5.74) is 0. The number of halogens is 1. The molecule has 0 bridgehead atoms. The molecular formula is C12H20ClN5. The second-order valence-electron chi connectivity index (χ2n) is 4.93. The summed E-state index contributed by atoms with van der Waals surface area (Å²) in [6.45, 7) is 4.03. The Morgan fingerprint density at radius 2 is 1.83 bits per heavy atom. The van der Waals surface area contributed by atoms with Crippen LogP contribution in [0.5, 0.6) is 0 Å². The Bertz CT molecular complexity index is 405. The van der Waals surface area contributed by atoms with Crippen LogP contribution in [-0.4, -0.2) is 42.1 Å². The zero-order chi connectivity index (χ0) is 13.1. The number of aromatic nitrogens is 3. The smallest absolute Gasteiger partial charge is 0.231 e. The van der Waals surface area contributed by atoms with Crippen LogP contribution in [0.25, 0.3) is 0 Å². The normalized spacial score (nSPS) is 15.3. The molecule has 1 heterocycles. The molecule has 1 aliphatic carbocycles. The van der Waals surface area contributed by atoms with Gasteiger partial charge in [0.05, 0.1) is 0 Å². The predicted octanol–water partition coefficient (Wildman–Crippen LogP) is 2.22. The predicted molar refractivity (Wildman–Crippen MR) is 74.4 cm³/mol. The number of hydrogen-bond donors (Lipinski definition) is 0. The van der Waals surface area contributed by atoms with E-state index in [-0.39, 0.29) is 5.28 Å². The molecule has 0 radical (unpaired) electrons. The third kappa shape index (κ3) is 3.02. The topological polar surface area (TPSA) is 45.2 Å². The summed E-state index contributed by atoms with van der Waals surface area (Å²) >= 11 is 5.96. The molecule has 0 atom stereocenters. The van der Waals surface area contributed by atoms with Crippen LogP contribution in [-0.2, 0) is 0 Å². The van der Waals surface area contributed by atoms with Gasteiger partial charge in [0.15, 0.2) is 0 Å². The molecular weight excluding hydrogens is 250 g/mol. The number of anilines is 2. The summed E-state index contributed by atoms with van der Waals surface area (Å²) in [5.74, 6) is 2.08. The van der Waals surface area contributed by atoms with Crippen LogP contribution in [0.15, 0.2) is 0 Å². The summed E-state index contributed by atoms with van der Waals surface area (Å²) in [5, 5.41) is 0.260. The van der Waals surface area contributed by atoms with Crippen molar-refractivity contribution in [2.75, 3.05) is 37.0 Å². The number of nitrogens with zero attached hydrogens (tertiary/aromatic N) is 5. The first-order valence-electron chi connectivity index (χ1n) is 6.44. The van der Waals surface area contributed by atoms with Crippen molar-refractivity contribution in [2.45, 2.75) is 26.2 Å². The minimum absolute atomic E-state index is 0.260. The van der Waals surface area contributed by atoms with E-state index in [0.717, 1.165) is 19.0 Å². The van der Waals surface area contributed by atoms with Crippen molar-refractivity contribution in [3.05, 3.63) is 5.28 Å². The van der Waals surface area contributed by atoms with Crippen LogP contribution in [0.1, 0.15) is 26.2 Å². The van der Waals surface area contributed by atoms with E-state index in [1.54, 1.807) is 0 Å². The Morgan fingerprint density at radius 3 is 2.33 bits per heavy atom. The van der Waals surface area contributed by atoms with E-state index in [4.69, 9.17) is 11.6 Å². The fourth-order valence-corrected chi connectivity index (χ4v) is 2.16. The van der Waals surface area contributed by atoms with E-state index in [2.05, 4.69) is 26.8 Å². The fourth-order valence-electron chi connectivity index (χ4n) is 2.01. The summed E-state index contributed by atoms with van der Waals surface area (Å²) in [7, 11) is 3.80. The average Bonchev–Trinajstić information content (AvgIpc) is 2.27. The van der Waals surface area contributed by atoms with Gasteiger partial charge in [-0.3, -0.25) is 0 Å². The first kappa shape index (κ1) is 13.3. The van der Waals surface area contributed by atoms with E-state index >= 15 is 0 Å². The molecule has 6 heteroatoms. The zero-order valence-corrected chi connectivity index (χ0v) is 12.0. The van der Waals surface area contributed by atoms with Gasteiger partial charge >= 0.3 is 0 Å². The summed E-state index contributed by atoms with van der Waals surface area (Å²) < 4.78 is 0. The Kier molecular flexibility index (Phi) is 4.22. The van der Waals surface area contributed by atoms with Crippen LogP contribution in [0.3, 0.4) is 0 Å². The minimum atomic E-state index is 0.260. The summed E-state index contributed by atoms with van der Waals surface area (Å²) in [4.78, 5) is 16.8. The first-order valence-corrected chi connectivity index (χ1v) is 6.81. The molecule has 0 unspecified atom stereocenters. The van der Waals surface area contributed by atoms with Gasteiger partial charge in [-0.25, -0.2) is 0 Å². The second-order valence-corrected chi connectivity index (χ2v) is 5.27. The van der Waals surface area contributed by atoms with Gasteiger partial charge in [0.2, 0.25) is 17.2 Å². The van der Waals surface area contributed by atoms with E-state index in [1.807, 2.05) is 19.0 Å². The maximum atomic E-state index is 5.96. The lowest BCUT2D eigenvalue weighted by Crippen LogP contribution is -2.34. The molecule has 0 amide bonds. The largest absolute Gasteiger partial charge is 0.347 e. The quantitative estimate of drug-likeness (QED) is 0.820. The van der Waals surface area contributed by atoms with Crippen molar-refractivity contribution in [1.82, 2.24) is 15.0 Å². The minimum Gasteiger partial charge on any atom is -0.347 e. The van der Waals surface area contributed by atoms with Crippen molar-refractivity contribution in [1.29, 1.82) is 0 Å². The van der Waals surface area contributed by atoms with Crippen molar-refractivity contribution in [3.8, 4) is 0 Å². The molecule has 1 fully saturated rings. The van der Waals surface area contributed by atoms with Gasteiger partial charge < -0.3 is 9.80 Å². The molecule has 1 aromatic rings. The van der Waals surface area contributed by atoms with Gasteiger partial charge in [0, 0.05) is 27.2 Å². The van der Waals surface area contributed by atoms with Crippen molar-refractivity contribution in [3.63, 3.8) is 0 Å². The molecule has 1 saturated carbocycles. The molecule has 0 aliphatic heterocycles. The highest BCUT2D eigenvalue weighted by atomic mass is 35.5. The highest BCUT2D eigenvalue weighted by Gasteiger charge is 2.22. The van der Waals surface area contributed by atoms with Gasteiger partial charge in [-0.1, -0.05) is 6.42 Å². The Labute approximate surface area is 113 Å². The van der Waals surface area contributed by atoms with E-state index in [1.165, 1.54) is 19.3 Å². The van der Waals surface area contributed by atoms with Crippen molar-refractivity contribution >= 4 is 23.5 Å². The van der Waals surface area contributed by atoms with E-state index in [0.29, 0.717) is 11.9 Å². The van der Waals surface area contributed by atoms with Gasteiger partial charge in [0.1, 0.15) is 0 Å². The molecule has 1 aromatic heterocycles. The fraction of sp³-hybridized carbons (Fsp3) is 0.750. The van der Waals surface area contributed by atoms with Crippen molar-refractivity contribution in [2.24, 2.45) is 5.92 Å². The van der Waals surface area contributed by atoms with Crippen LogP contribution < -0.4 is 9.80 Å². The van der Waals surface area contributed by atoms with Gasteiger partial charge in [-0.15, -0.1) is 0 Å². The molecule has 1 aliphatic rings. The standard InChI is InChI=1S/C12H20ClN5/c1-4-18(8-9-6-5-7-9)12-15-10(13)14-11(16-12)17(2)3/h9H,4-8H2,1-3H3. The molecule has 100 valence electrons. The Morgan fingerprint density at radius 1 is 1.17 bits per heavy atom. The highest BCUT2D eigenvalue weighted by Crippen LogP contribution is 2.28. The monoisotopic (exact) mass is 269 g/mol. The molecule has 0 N–H and O–H groups in total. The van der Waals surface area contributed by atoms with Crippen LogP contribution in [0, 0.1) is 5.92 Å². The van der Waals surface area contributed by atoms with Crippen LogP contribution >= 0.6 is 11.6 Å². The maximum absolute atomic E-state index is 5.96. The summed E-state index contributed by atoms with van der Waals surface area (Å²) in [6.07, 6.45) is 3.98. The molecule has 0 saturated heterocycles. The third-order valence-electron chi connectivity index (χ3n) is 3.35. The van der Waals surface area contributed by atoms with Crippen molar-refractivity contribution < 1.29 is 0 Å². The Balaban J connectivity index is 2.17. The average molecular weight is 270 g/mol. The lowest BCUT2D eigenvalue weighted by molar-refractivity contribution is 0.317. The SMILES string of the molecule is CCN(CC1CCC1)c1nc(Cl)nc(N(C)C)n1. The van der Waals surface area contributed by atoms with Crippen LogP contribution in [0.2, 0.25) is 5.28 Å². The van der Waals surface area contributed by atoms with Gasteiger partial charge in [0.25, 0.3) is 0 Å². The highest BCUT2D eigenvalue weighted by molar-refractivity contribution is 6.28. The van der Waals surface area contributed by atoms with E-state index in [9.17, 15) is 0 Å². The van der Waals surface area contributed by atoms with Crippen LogP contribution in [0.4, 0.5) is 11.9 Å². The first-order chi connectivity index (χ1) is 8.60. The number of rotatable bonds is 5. The molecule has 0 spiro atoms. The maximum Gasteiger partial charge on any atom is 0.231 e. The molecule has 2 rings (SSSR count). The van der Waals surface area contributed by atoms with Gasteiger partial charge in [-0.2, -0.15) is 15.0 Å². The molecule has 5 nitrogen and oxygen atoms in total. The molecule has 18 heavy (non-hydrogen) atoms. The third-order valence-corrected chi connectivity index (χ3v) is 3.52. The lowest BCUT2D eigenvalue weighted by Gasteiger charge is -2.31. The lowest BCUT2D eigenvalue weighted by atomic mass is 9.85. The summed E-state index contributed by atoms with van der Waals surface area (Å²) in [6, 6.07) is 0. The molecule has 0 aromatic carbocycles. The van der Waals surface area contributed by atoms with E-state index < -0.39 is 0 Å².